The van der Waals surface area contributed by atoms with E-state index in [1.54, 1.807) is 11.3 Å². The molecule has 0 saturated heterocycles. The first-order valence-electron chi connectivity index (χ1n) is 11.8. The van der Waals surface area contributed by atoms with Crippen molar-refractivity contribution in [1.82, 2.24) is 0 Å². The Bertz CT molecular complexity index is 1160. The van der Waals surface area contributed by atoms with E-state index < -0.39 is 5.97 Å². The minimum atomic E-state index is -0.459. The van der Waals surface area contributed by atoms with Crippen molar-refractivity contribution < 1.29 is 28.5 Å². The van der Waals surface area contributed by atoms with Gasteiger partial charge in [0.1, 0.15) is 12.4 Å². The zero-order valence-electron chi connectivity index (χ0n) is 20.0. The second kappa shape index (κ2) is 14.6. The SMILES string of the molecule is C=CC(=O)OCCOCCOC(C)OCCCCCOc1ccc2sc3ccccc3c(=O)c2c1. The summed E-state index contributed by atoms with van der Waals surface area (Å²) in [5.74, 6) is 0.260. The van der Waals surface area contributed by atoms with Gasteiger partial charge in [-0.1, -0.05) is 18.7 Å². The van der Waals surface area contributed by atoms with Crippen LogP contribution in [0.1, 0.15) is 26.2 Å². The standard InChI is InChI=1S/C27H32O7S/c1-3-26(28)34-18-16-30-15-17-32-20(2)31-13-7-4-8-14-33-21-11-12-25-23(19-21)27(29)22-9-5-6-10-24(22)35-25/h3,5-6,9-12,19-20H,1,4,7-8,13-18H2,2H3. The molecule has 0 amide bonds. The Balaban J connectivity index is 1.25. The van der Waals surface area contributed by atoms with E-state index in [9.17, 15) is 9.59 Å². The van der Waals surface area contributed by atoms with E-state index in [2.05, 4.69) is 6.58 Å². The molecule has 2 aromatic carbocycles. The Morgan fingerprint density at radius 3 is 2.51 bits per heavy atom. The van der Waals surface area contributed by atoms with Gasteiger partial charge in [0.25, 0.3) is 0 Å². The summed E-state index contributed by atoms with van der Waals surface area (Å²) in [4.78, 5) is 23.7. The van der Waals surface area contributed by atoms with Gasteiger partial charge in [-0.3, -0.25) is 4.79 Å². The van der Waals surface area contributed by atoms with Gasteiger partial charge in [0.05, 0.1) is 26.4 Å². The molecule has 1 unspecified atom stereocenters. The summed E-state index contributed by atoms with van der Waals surface area (Å²) in [6.07, 6.45) is 3.56. The first-order valence-corrected chi connectivity index (χ1v) is 12.6. The van der Waals surface area contributed by atoms with E-state index in [1.807, 2.05) is 49.4 Å². The highest BCUT2D eigenvalue weighted by atomic mass is 32.1. The number of carbonyl (C=O) groups excluding carboxylic acids is 1. The molecule has 1 aromatic heterocycles. The number of esters is 1. The Morgan fingerprint density at radius 2 is 1.66 bits per heavy atom. The Kier molecular flexibility index (Phi) is 11.2. The minimum absolute atomic E-state index is 0.0499. The van der Waals surface area contributed by atoms with Gasteiger partial charge in [0, 0.05) is 32.9 Å². The smallest absolute Gasteiger partial charge is 0.330 e. The van der Waals surface area contributed by atoms with Gasteiger partial charge in [-0.15, -0.1) is 11.3 Å². The van der Waals surface area contributed by atoms with Gasteiger partial charge in [0.2, 0.25) is 0 Å². The first kappa shape index (κ1) is 26.8. The highest BCUT2D eigenvalue weighted by Gasteiger charge is 2.07. The molecule has 188 valence electrons. The monoisotopic (exact) mass is 500 g/mol. The molecule has 0 aliphatic heterocycles. The summed E-state index contributed by atoms with van der Waals surface area (Å²) in [6, 6.07) is 13.4. The molecule has 0 aliphatic carbocycles. The maximum atomic E-state index is 12.8. The number of fused-ring (bicyclic) bond motifs is 2. The molecule has 0 N–H and O–H groups in total. The molecule has 1 heterocycles. The average molecular weight is 501 g/mol. The Hall–Kier alpha value is -2.78. The number of hydrogen-bond acceptors (Lipinski definition) is 8. The van der Waals surface area contributed by atoms with Crippen molar-refractivity contribution >= 4 is 37.5 Å². The molecule has 0 saturated carbocycles. The number of rotatable bonds is 16. The number of hydrogen-bond donors (Lipinski definition) is 0. The van der Waals surface area contributed by atoms with Crippen LogP contribution in [0.2, 0.25) is 0 Å². The second-order valence-corrected chi connectivity index (χ2v) is 8.87. The van der Waals surface area contributed by atoms with Crippen molar-refractivity contribution in [2.45, 2.75) is 32.5 Å². The summed E-state index contributed by atoms with van der Waals surface area (Å²) in [6.45, 7) is 7.66. The summed E-state index contributed by atoms with van der Waals surface area (Å²) in [5.41, 5.74) is 0.0499. The van der Waals surface area contributed by atoms with E-state index in [0.29, 0.717) is 38.4 Å². The van der Waals surface area contributed by atoms with Gasteiger partial charge >= 0.3 is 5.97 Å². The molecule has 7 nitrogen and oxygen atoms in total. The van der Waals surface area contributed by atoms with Crippen LogP contribution in [-0.2, 0) is 23.7 Å². The molecule has 35 heavy (non-hydrogen) atoms. The third kappa shape index (κ3) is 8.74. The summed E-state index contributed by atoms with van der Waals surface area (Å²) < 4.78 is 29.1. The lowest BCUT2D eigenvalue weighted by Gasteiger charge is -2.14. The number of ether oxygens (including phenoxy) is 5. The lowest BCUT2D eigenvalue weighted by molar-refractivity contribution is -0.144. The van der Waals surface area contributed by atoms with Gasteiger partial charge in [0.15, 0.2) is 11.7 Å². The summed E-state index contributed by atoms with van der Waals surface area (Å²) >= 11 is 1.62. The molecule has 1 atom stereocenters. The summed E-state index contributed by atoms with van der Waals surface area (Å²) in [7, 11) is 0. The van der Waals surface area contributed by atoms with Gasteiger partial charge in [-0.2, -0.15) is 0 Å². The Labute approximate surface area is 209 Å². The topological polar surface area (TPSA) is 80.3 Å². The molecule has 0 fully saturated rings. The molecule has 3 rings (SSSR count). The zero-order valence-corrected chi connectivity index (χ0v) is 20.8. The van der Waals surface area contributed by atoms with Crippen molar-refractivity contribution in [3.63, 3.8) is 0 Å². The van der Waals surface area contributed by atoms with Crippen LogP contribution in [0, 0.1) is 0 Å². The number of unbranched alkanes of at least 4 members (excludes halogenated alkanes) is 2. The Morgan fingerprint density at radius 1 is 0.914 bits per heavy atom. The maximum Gasteiger partial charge on any atom is 0.330 e. The third-order valence-electron chi connectivity index (χ3n) is 5.18. The van der Waals surface area contributed by atoms with Crippen LogP contribution in [0.3, 0.4) is 0 Å². The molecular formula is C27H32O7S. The fourth-order valence-electron chi connectivity index (χ4n) is 3.38. The normalized spacial score (nSPS) is 12.0. The van der Waals surface area contributed by atoms with Crippen LogP contribution >= 0.6 is 11.3 Å². The largest absolute Gasteiger partial charge is 0.494 e. The minimum Gasteiger partial charge on any atom is -0.494 e. The molecule has 0 aliphatic rings. The number of benzene rings is 2. The third-order valence-corrected chi connectivity index (χ3v) is 6.33. The molecule has 0 spiro atoms. The quantitative estimate of drug-likeness (QED) is 0.0891. The van der Waals surface area contributed by atoms with Crippen LogP contribution in [0.5, 0.6) is 5.75 Å². The average Bonchev–Trinajstić information content (AvgIpc) is 2.87. The van der Waals surface area contributed by atoms with E-state index >= 15 is 0 Å². The fourth-order valence-corrected chi connectivity index (χ4v) is 4.43. The lowest BCUT2D eigenvalue weighted by Crippen LogP contribution is -2.18. The first-order chi connectivity index (χ1) is 17.1. The predicted molar refractivity (Wildman–Crippen MR) is 138 cm³/mol. The maximum absolute atomic E-state index is 12.8. The highest BCUT2D eigenvalue weighted by molar-refractivity contribution is 7.24. The van der Waals surface area contributed by atoms with Crippen molar-refractivity contribution in [1.29, 1.82) is 0 Å². The van der Waals surface area contributed by atoms with E-state index in [0.717, 1.165) is 45.9 Å². The lowest BCUT2D eigenvalue weighted by atomic mass is 10.2. The number of carbonyl (C=O) groups is 1. The van der Waals surface area contributed by atoms with Gasteiger partial charge in [-0.05, 0) is 56.5 Å². The van der Waals surface area contributed by atoms with Crippen molar-refractivity contribution in [3.05, 3.63) is 65.3 Å². The predicted octanol–water partition coefficient (Wildman–Crippen LogP) is 5.09. The molecule has 3 aromatic rings. The van der Waals surface area contributed by atoms with Crippen LogP contribution in [0.4, 0.5) is 0 Å². The van der Waals surface area contributed by atoms with Crippen LogP contribution in [0.15, 0.2) is 59.9 Å². The fraction of sp³-hybridized carbons (Fsp3) is 0.407. The molecule has 8 heteroatoms. The molecule has 0 bridgehead atoms. The van der Waals surface area contributed by atoms with E-state index in [-0.39, 0.29) is 18.3 Å². The van der Waals surface area contributed by atoms with Crippen LogP contribution in [-0.4, -0.2) is 51.9 Å². The van der Waals surface area contributed by atoms with Gasteiger partial charge < -0.3 is 23.7 Å². The van der Waals surface area contributed by atoms with Crippen molar-refractivity contribution in [2.24, 2.45) is 0 Å². The van der Waals surface area contributed by atoms with Crippen LogP contribution in [0.25, 0.3) is 20.2 Å². The van der Waals surface area contributed by atoms with Gasteiger partial charge in [-0.25, -0.2) is 4.79 Å². The van der Waals surface area contributed by atoms with Crippen molar-refractivity contribution in [3.8, 4) is 5.75 Å². The van der Waals surface area contributed by atoms with Crippen molar-refractivity contribution in [2.75, 3.05) is 39.6 Å². The second-order valence-electron chi connectivity index (χ2n) is 7.79. The summed E-state index contributed by atoms with van der Waals surface area (Å²) in [5, 5.41) is 1.45. The van der Waals surface area contributed by atoms with Crippen LogP contribution < -0.4 is 10.2 Å². The molecular weight excluding hydrogens is 468 g/mol. The molecule has 0 radical (unpaired) electrons. The van der Waals surface area contributed by atoms with E-state index in [4.69, 9.17) is 23.7 Å². The zero-order chi connectivity index (χ0) is 24.9. The highest BCUT2D eigenvalue weighted by Crippen LogP contribution is 2.27. The van der Waals surface area contributed by atoms with E-state index in [1.165, 1.54) is 0 Å².